The van der Waals surface area contributed by atoms with Crippen LogP contribution in [0, 0.1) is 12.7 Å². The second-order valence-corrected chi connectivity index (χ2v) is 5.87. The number of carbonyl (C=O) groups excluding carboxylic acids is 1. The number of hydrogen-bond acceptors (Lipinski definition) is 5. The van der Waals surface area contributed by atoms with Gasteiger partial charge in [-0.05, 0) is 42.8 Å². The summed E-state index contributed by atoms with van der Waals surface area (Å²) in [6, 6.07) is 9.57. The molecule has 0 radical (unpaired) electrons. The van der Waals surface area contributed by atoms with Gasteiger partial charge in [-0.15, -0.1) is 0 Å². The van der Waals surface area contributed by atoms with Gasteiger partial charge in [0.2, 0.25) is 0 Å². The molecule has 0 bridgehead atoms. The Hall–Kier alpha value is -3.48. The number of nitrogens with zero attached hydrogens (tertiary/aromatic N) is 2. The Bertz CT molecular complexity index is 992. The van der Waals surface area contributed by atoms with E-state index in [0.717, 1.165) is 11.3 Å². The van der Waals surface area contributed by atoms with Gasteiger partial charge in [-0.25, -0.2) is 9.37 Å². The van der Waals surface area contributed by atoms with E-state index in [-0.39, 0.29) is 17.9 Å². The van der Waals surface area contributed by atoms with E-state index in [1.165, 1.54) is 25.4 Å². The molecule has 1 amide bonds. The first-order valence-corrected chi connectivity index (χ1v) is 8.16. The van der Waals surface area contributed by atoms with Gasteiger partial charge in [-0.3, -0.25) is 9.78 Å². The highest BCUT2D eigenvalue weighted by Crippen LogP contribution is 2.34. The Labute approximate surface area is 155 Å². The quantitative estimate of drug-likeness (QED) is 0.722. The highest BCUT2D eigenvalue weighted by Gasteiger charge is 2.16. The van der Waals surface area contributed by atoms with Crippen molar-refractivity contribution in [2.45, 2.75) is 13.5 Å². The molecule has 0 fully saturated rings. The van der Waals surface area contributed by atoms with Gasteiger partial charge in [-0.1, -0.05) is 0 Å². The topological polar surface area (TPSA) is 87.3 Å². The first kappa shape index (κ1) is 18.3. The van der Waals surface area contributed by atoms with Crippen LogP contribution in [0.15, 0.2) is 48.8 Å². The van der Waals surface area contributed by atoms with Crippen LogP contribution in [0.5, 0.6) is 11.5 Å². The maximum atomic E-state index is 14.6. The summed E-state index contributed by atoms with van der Waals surface area (Å²) >= 11 is 0. The van der Waals surface area contributed by atoms with Gasteiger partial charge >= 0.3 is 0 Å². The van der Waals surface area contributed by atoms with Crippen molar-refractivity contribution in [1.82, 2.24) is 9.97 Å². The van der Waals surface area contributed by atoms with Gasteiger partial charge in [0.15, 0.2) is 0 Å². The monoisotopic (exact) mass is 367 g/mol. The molecular weight excluding hydrogens is 349 g/mol. The molecule has 2 aromatic heterocycles. The molecular formula is C20H18FN3O3. The third-order valence-electron chi connectivity index (χ3n) is 3.94. The van der Waals surface area contributed by atoms with Crippen LogP contribution in [0.25, 0.3) is 11.1 Å². The Balaban J connectivity index is 1.99. The van der Waals surface area contributed by atoms with Gasteiger partial charge in [0, 0.05) is 29.1 Å². The van der Waals surface area contributed by atoms with E-state index >= 15 is 0 Å². The average Bonchev–Trinajstić information content (AvgIpc) is 2.66. The number of nitrogens with two attached hydrogens (primary N) is 1. The summed E-state index contributed by atoms with van der Waals surface area (Å²) in [6.07, 6.45) is 3.06. The van der Waals surface area contributed by atoms with Crippen LogP contribution in [0.4, 0.5) is 4.39 Å². The van der Waals surface area contributed by atoms with Gasteiger partial charge in [0.05, 0.1) is 13.3 Å². The fourth-order valence-corrected chi connectivity index (χ4v) is 2.60. The fourth-order valence-electron chi connectivity index (χ4n) is 2.60. The van der Waals surface area contributed by atoms with Crippen LogP contribution in [0.1, 0.15) is 21.7 Å². The van der Waals surface area contributed by atoms with Crippen molar-refractivity contribution in [3.63, 3.8) is 0 Å². The highest BCUT2D eigenvalue weighted by molar-refractivity contribution is 5.92. The minimum atomic E-state index is -0.707. The Morgan fingerprint density at radius 1 is 1.15 bits per heavy atom. The zero-order valence-corrected chi connectivity index (χ0v) is 14.9. The number of benzene rings is 1. The summed E-state index contributed by atoms with van der Waals surface area (Å²) in [5.41, 5.74) is 7.73. The lowest BCUT2D eigenvalue weighted by molar-refractivity contribution is 0.0995. The van der Waals surface area contributed by atoms with Gasteiger partial charge < -0.3 is 15.2 Å². The Morgan fingerprint density at radius 2 is 1.96 bits per heavy atom. The minimum absolute atomic E-state index is 0.0207. The summed E-state index contributed by atoms with van der Waals surface area (Å²) in [7, 11) is 1.46. The van der Waals surface area contributed by atoms with Crippen molar-refractivity contribution in [2.24, 2.45) is 5.73 Å². The van der Waals surface area contributed by atoms with E-state index in [9.17, 15) is 9.18 Å². The molecule has 2 heterocycles. The number of primary amides is 1. The fraction of sp³-hybridized carbons (Fsp3) is 0.150. The molecule has 27 heavy (non-hydrogen) atoms. The lowest BCUT2D eigenvalue weighted by atomic mass is 10.0. The number of pyridine rings is 2. The Kier molecular flexibility index (Phi) is 5.30. The lowest BCUT2D eigenvalue weighted by Crippen LogP contribution is -2.13. The first-order chi connectivity index (χ1) is 13.0. The van der Waals surface area contributed by atoms with E-state index in [2.05, 4.69) is 9.97 Å². The first-order valence-electron chi connectivity index (χ1n) is 8.16. The molecule has 0 aliphatic heterocycles. The number of rotatable bonds is 6. The zero-order chi connectivity index (χ0) is 19.4. The average molecular weight is 367 g/mol. The number of methoxy groups -OCH3 is 1. The van der Waals surface area contributed by atoms with Crippen LogP contribution in [0.2, 0.25) is 0 Å². The third kappa shape index (κ3) is 4.20. The van der Waals surface area contributed by atoms with E-state index in [1.807, 2.05) is 19.1 Å². The van der Waals surface area contributed by atoms with E-state index < -0.39 is 11.7 Å². The van der Waals surface area contributed by atoms with Crippen molar-refractivity contribution in [2.75, 3.05) is 7.11 Å². The van der Waals surface area contributed by atoms with Crippen LogP contribution in [-0.2, 0) is 6.61 Å². The smallest absolute Gasteiger partial charge is 0.267 e. The molecule has 3 rings (SSSR count). The molecule has 0 atom stereocenters. The Morgan fingerprint density at radius 3 is 2.63 bits per heavy atom. The molecule has 2 N–H and O–H groups in total. The number of carbonyl (C=O) groups is 1. The number of halogens is 1. The summed E-state index contributed by atoms with van der Waals surface area (Å²) in [5, 5.41) is 0. The maximum Gasteiger partial charge on any atom is 0.267 e. The van der Waals surface area contributed by atoms with Crippen molar-refractivity contribution in [1.29, 1.82) is 0 Å². The summed E-state index contributed by atoms with van der Waals surface area (Å²) < 4.78 is 25.4. The summed E-state index contributed by atoms with van der Waals surface area (Å²) in [6.45, 7) is 2.12. The molecule has 0 saturated carbocycles. The zero-order valence-electron chi connectivity index (χ0n) is 14.9. The number of ether oxygens (including phenoxy) is 2. The molecule has 0 aliphatic carbocycles. The van der Waals surface area contributed by atoms with Crippen molar-refractivity contribution < 1.29 is 18.7 Å². The van der Waals surface area contributed by atoms with Crippen molar-refractivity contribution in [3.05, 3.63) is 71.6 Å². The molecule has 7 heteroatoms. The molecule has 0 aliphatic rings. The second-order valence-electron chi connectivity index (χ2n) is 5.87. The van der Waals surface area contributed by atoms with Crippen LogP contribution >= 0.6 is 0 Å². The van der Waals surface area contributed by atoms with Gasteiger partial charge in [0.25, 0.3) is 5.91 Å². The standard InChI is InChI=1S/C20H18FN3O3/c1-12-7-13(5-6-23-12)11-27-19-10-24-18(20(22)25)9-16(19)15-4-3-14(26-2)8-17(15)21/h3-10H,11H2,1-2H3,(H2,22,25). The molecule has 0 unspecified atom stereocenters. The predicted molar refractivity (Wildman–Crippen MR) is 98.0 cm³/mol. The predicted octanol–water partition coefficient (Wildman–Crippen LogP) is 3.28. The molecule has 138 valence electrons. The minimum Gasteiger partial charge on any atom is -0.497 e. The van der Waals surface area contributed by atoms with E-state index in [4.69, 9.17) is 15.2 Å². The number of hydrogen-bond donors (Lipinski definition) is 1. The summed E-state index contributed by atoms with van der Waals surface area (Å²) in [5.74, 6) is -0.504. The van der Waals surface area contributed by atoms with Crippen molar-refractivity contribution in [3.8, 4) is 22.6 Å². The van der Waals surface area contributed by atoms with Gasteiger partial charge in [0.1, 0.15) is 29.6 Å². The second kappa shape index (κ2) is 7.82. The molecule has 0 spiro atoms. The number of amides is 1. The van der Waals surface area contributed by atoms with Crippen LogP contribution in [-0.4, -0.2) is 23.0 Å². The molecule has 0 saturated heterocycles. The third-order valence-corrected chi connectivity index (χ3v) is 3.94. The highest BCUT2D eigenvalue weighted by atomic mass is 19.1. The summed E-state index contributed by atoms with van der Waals surface area (Å²) in [4.78, 5) is 19.6. The largest absolute Gasteiger partial charge is 0.497 e. The van der Waals surface area contributed by atoms with E-state index in [1.54, 1.807) is 18.3 Å². The van der Waals surface area contributed by atoms with Crippen LogP contribution in [0.3, 0.4) is 0 Å². The maximum absolute atomic E-state index is 14.6. The molecule has 1 aromatic carbocycles. The van der Waals surface area contributed by atoms with E-state index in [0.29, 0.717) is 17.1 Å². The van der Waals surface area contributed by atoms with Crippen molar-refractivity contribution >= 4 is 5.91 Å². The number of aryl methyl sites for hydroxylation is 1. The van der Waals surface area contributed by atoms with Crippen LogP contribution < -0.4 is 15.2 Å². The molecule has 6 nitrogen and oxygen atoms in total. The van der Waals surface area contributed by atoms with Gasteiger partial charge in [-0.2, -0.15) is 0 Å². The SMILES string of the molecule is COc1ccc(-c2cc(C(N)=O)ncc2OCc2ccnc(C)c2)c(F)c1. The normalized spacial score (nSPS) is 10.5. The molecule has 3 aromatic rings. The lowest BCUT2D eigenvalue weighted by Gasteiger charge is -2.14. The number of aromatic nitrogens is 2.